The lowest BCUT2D eigenvalue weighted by Crippen LogP contribution is -2.44. The van der Waals surface area contributed by atoms with Crippen molar-refractivity contribution in [2.75, 3.05) is 13.1 Å². The van der Waals surface area contributed by atoms with Gasteiger partial charge in [0.1, 0.15) is 11.8 Å². The highest BCUT2D eigenvalue weighted by atomic mass is 16.5. The number of carbonyl (C=O) groups excluding carboxylic acids is 1. The highest BCUT2D eigenvalue weighted by Crippen LogP contribution is 2.40. The van der Waals surface area contributed by atoms with Gasteiger partial charge in [0.2, 0.25) is 0 Å². The molecule has 2 aliphatic heterocycles. The second-order valence-corrected chi connectivity index (χ2v) is 6.38. The molecule has 4 heterocycles. The predicted octanol–water partition coefficient (Wildman–Crippen LogP) is 1.71. The molecule has 2 aliphatic rings. The van der Waals surface area contributed by atoms with Crippen LogP contribution in [0.1, 0.15) is 41.1 Å². The summed E-state index contributed by atoms with van der Waals surface area (Å²) in [6.45, 7) is 3.24. The van der Waals surface area contributed by atoms with Crippen LogP contribution in [0.5, 0.6) is 0 Å². The van der Waals surface area contributed by atoms with Crippen molar-refractivity contribution < 1.29 is 14.1 Å². The van der Waals surface area contributed by atoms with Crippen LogP contribution in [0, 0.1) is 12.8 Å². The Kier molecular flexibility index (Phi) is 3.45. The van der Waals surface area contributed by atoms with E-state index in [2.05, 4.69) is 10.1 Å². The minimum Gasteiger partial charge on any atom is -0.365 e. The first kappa shape index (κ1) is 14.4. The second-order valence-electron chi connectivity index (χ2n) is 6.38. The third kappa shape index (κ3) is 2.55. The molecular formula is C16H20N4O3. The summed E-state index contributed by atoms with van der Waals surface area (Å²) in [7, 11) is 1.90. The van der Waals surface area contributed by atoms with Crippen molar-refractivity contribution in [1.82, 2.24) is 19.6 Å². The number of amides is 1. The fourth-order valence-electron chi connectivity index (χ4n) is 3.59. The SMILES string of the molecule is Cc1noc([C@H]2C[C@H]3CN(C(=O)c4cccn4C)CC[C@@H]3O2)n1. The summed E-state index contributed by atoms with van der Waals surface area (Å²) >= 11 is 0. The van der Waals surface area contributed by atoms with Crippen LogP contribution in [0.3, 0.4) is 0 Å². The maximum absolute atomic E-state index is 12.6. The molecule has 7 nitrogen and oxygen atoms in total. The average molecular weight is 316 g/mol. The molecule has 2 aromatic rings. The molecule has 2 saturated heterocycles. The highest BCUT2D eigenvalue weighted by molar-refractivity contribution is 5.92. The molecule has 0 spiro atoms. The zero-order valence-corrected chi connectivity index (χ0v) is 13.3. The average Bonchev–Trinajstić information content (AvgIpc) is 3.24. The van der Waals surface area contributed by atoms with E-state index in [9.17, 15) is 4.79 Å². The Bertz CT molecular complexity index is 722. The molecule has 0 bridgehead atoms. The van der Waals surface area contributed by atoms with E-state index in [0.717, 1.165) is 31.6 Å². The number of piperidine rings is 1. The first-order valence-electron chi connectivity index (χ1n) is 7.98. The predicted molar refractivity (Wildman–Crippen MR) is 80.7 cm³/mol. The minimum atomic E-state index is -0.142. The van der Waals surface area contributed by atoms with Gasteiger partial charge in [0.05, 0.1) is 6.10 Å². The van der Waals surface area contributed by atoms with Crippen molar-refractivity contribution in [3.8, 4) is 0 Å². The molecular weight excluding hydrogens is 296 g/mol. The van der Waals surface area contributed by atoms with Crippen molar-refractivity contribution in [2.45, 2.75) is 32.0 Å². The molecule has 3 atom stereocenters. The number of hydrogen-bond donors (Lipinski definition) is 0. The van der Waals surface area contributed by atoms with Crippen molar-refractivity contribution in [2.24, 2.45) is 13.0 Å². The summed E-state index contributed by atoms with van der Waals surface area (Å²) in [6, 6.07) is 3.76. The summed E-state index contributed by atoms with van der Waals surface area (Å²) < 4.78 is 13.2. The standard InChI is InChI=1S/C16H20N4O3/c1-10-17-15(23-18-10)14-8-11-9-20(7-5-13(11)22-14)16(21)12-4-3-6-19(12)2/h3-4,6,11,13-14H,5,7-9H2,1-2H3/t11-,13-,14+/m0/s1. The van der Waals surface area contributed by atoms with Crippen LogP contribution in [-0.2, 0) is 11.8 Å². The third-order valence-electron chi connectivity index (χ3n) is 4.79. The molecule has 0 saturated carbocycles. The topological polar surface area (TPSA) is 73.4 Å². The molecule has 2 aromatic heterocycles. The lowest BCUT2D eigenvalue weighted by molar-refractivity contribution is -0.00791. The number of aryl methyl sites for hydroxylation is 2. The van der Waals surface area contributed by atoms with E-state index in [1.54, 1.807) is 6.92 Å². The fraction of sp³-hybridized carbons (Fsp3) is 0.562. The molecule has 0 aromatic carbocycles. The van der Waals surface area contributed by atoms with Crippen molar-refractivity contribution in [1.29, 1.82) is 0 Å². The van der Waals surface area contributed by atoms with Gasteiger partial charge in [0.15, 0.2) is 5.82 Å². The Labute approximate surface area is 134 Å². The largest absolute Gasteiger partial charge is 0.365 e. The Morgan fingerprint density at radius 1 is 1.43 bits per heavy atom. The van der Waals surface area contributed by atoms with Crippen LogP contribution in [0.15, 0.2) is 22.9 Å². The molecule has 23 heavy (non-hydrogen) atoms. The van der Waals surface area contributed by atoms with Gasteiger partial charge >= 0.3 is 0 Å². The first-order chi connectivity index (χ1) is 11.1. The number of ether oxygens (including phenoxy) is 1. The number of carbonyl (C=O) groups is 1. The molecule has 0 aliphatic carbocycles. The Hall–Kier alpha value is -2.15. The van der Waals surface area contributed by atoms with E-state index in [1.807, 2.05) is 34.8 Å². The van der Waals surface area contributed by atoms with Crippen molar-refractivity contribution >= 4 is 5.91 Å². The number of likely N-dealkylation sites (tertiary alicyclic amines) is 1. The number of rotatable bonds is 2. The van der Waals surface area contributed by atoms with Crippen LogP contribution in [0.4, 0.5) is 0 Å². The van der Waals surface area contributed by atoms with Gasteiger partial charge in [-0.1, -0.05) is 5.16 Å². The molecule has 0 radical (unpaired) electrons. The summed E-state index contributed by atoms with van der Waals surface area (Å²) in [5, 5.41) is 3.83. The van der Waals surface area contributed by atoms with Gasteiger partial charge in [-0.05, 0) is 31.9 Å². The van der Waals surface area contributed by atoms with Crippen LogP contribution in [0.25, 0.3) is 0 Å². The quantitative estimate of drug-likeness (QED) is 0.843. The van der Waals surface area contributed by atoms with E-state index in [-0.39, 0.29) is 18.1 Å². The summed E-state index contributed by atoms with van der Waals surface area (Å²) in [5.41, 5.74) is 0.728. The van der Waals surface area contributed by atoms with Gasteiger partial charge in [-0.15, -0.1) is 0 Å². The van der Waals surface area contributed by atoms with Gasteiger partial charge < -0.3 is 18.7 Å². The zero-order chi connectivity index (χ0) is 16.0. The smallest absolute Gasteiger partial charge is 0.270 e. The number of aromatic nitrogens is 3. The van der Waals surface area contributed by atoms with Crippen molar-refractivity contribution in [3.63, 3.8) is 0 Å². The molecule has 122 valence electrons. The van der Waals surface area contributed by atoms with Crippen molar-refractivity contribution in [3.05, 3.63) is 35.7 Å². The van der Waals surface area contributed by atoms with Crippen LogP contribution in [-0.4, -0.2) is 44.7 Å². The van der Waals surface area contributed by atoms with Gasteiger partial charge in [-0.2, -0.15) is 4.98 Å². The fourth-order valence-corrected chi connectivity index (χ4v) is 3.59. The van der Waals surface area contributed by atoms with E-state index < -0.39 is 0 Å². The first-order valence-corrected chi connectivity index (χ1v) is 7.98. The molecule has 2 fully saturated rings. The van der Waals surface area contributed by atoms with Gasteiger partial charge in [0, 0.05) is 32.3 Å². The Morgan fingerprint density at radius 2 is 2.30 bits per heavy atom. The van der Waals surface area contributed by atoms with E-state index in [0.29, 0.717) is 17.6 Å². The summed E-state index contributed by atoms with van der Waals surface area (Å²) in [5.74, 6) is 1.59. The Balaban J connectivity index is 1.45. The maximum atomic E-state index is 12.6. The molecule has 0 N–H and O–H groups in total. The lowest BCUT2D eigenvalue weighted by atomic mass is 9.92. The molecule has 1 amide bonds. The van der Waals surface area contributed by atoms with Crippen LogP contribution >= 0.6 is 0 Å². The maximum Gasteiger partial charge on any atom is 0.270 e. The molecule has 7 heteroatoms. The van der Waals surface area contributed by atoms with Gasteiger partial charge in [-0.3, -0.25) is 4.79 Å². The normalized spacial score (nSPS) is 27.2. The molecule has 4 rings (SSSR count). The lowest BCUT2D eigenvalue weighted by Gasteiger charge is -2.34. The van der Waals surface area contributed by atoms with Gasteiger partial charge in [-0.25, -0.2) is 0 Å². The van der Waals surface area contributed by atoms with E-state index in [1.165, 1.54) is 0 Å². The second kappa shape index (κ2) is 5.49. The third-order valence-corrected chi connectivity index (χ3v) is 4.79. The Morgan fingerprint density at radius 3 is 3.00 bits per heavy atom. The number of hydrogen-bond acceptors (Lipinski definition) is 5. The monoisotopic (exact) mass is 316 g/mol. The van der Waals surface area contributed by atoms with Crippen LogP contribution < -0.4 is 0 Å². The number of nitrogens with zero attached hydrogens (tertiary/aromatic N) is 4. The summed E-state index contributed by atoms with van der Waals surface area (Å²) in [6.07, 6.45) is 3.60. The van der Waals surface area contributed by atoms with Crippen LogP contribution in [0.2, 0.25) is 0 Å². The summed E-state index contributed by atoms with van der Waals surface area (Å²) in [4.78, 5) is 18.9. The van der Waals surface area contributed by atoms with E-state index in [4.69, 9.17) is 9.26 Å². The highest BCUT2D eigenvalue weighted by Gasteiger charge is 2.42. The number of fused-ring (bicyclic) bond motifs is 1. The molecule has 0 unspecified atom stereocenters. The minimum absolute atomic E-state index is 0.0908. The van der Waals surface area contributed by atoms with Gasteiger partial charge in [0.25, 0.3) is 11.8 Å². The zero-order valence-electron chi connectivity index (χ0n) is 13.3. The van der Waals surface area contributed by atoms with E-state index >= 15 is 0 Å².